The zero-order valence-corrected chi connectivity index (χ0v) is 5.63. The van der Waals surface area contributed by atoms with Gasteiger partial charge >= 0.3 is 0 Å². The molecular weight excluding hydrogens is 133 g/mol. The van der Waals surface area contributed by atoms with Crippen LogP contribution in [0.4, 0.5) is 4.39 Å². The molecule has 0 radical (unpaired) electrons. The van der Waals surface area contributed by atoms with Gasteiger partial charge in [0.2, 0.25) is 5.88 Å². The van der Waals surface area contributed by atoms with Crippen molar-refractivity contribution < 1.29 is 9.50 Å². The minimum atomic E-state index is -0.408. The first-order valence-electron chi connectivity index (χ1n) is 3.07. The summed E-state index contributed by atoms with van der Waals surface area (Å²) >= 11 is 0. The average Bonchev–Trinajstić information content (AvgIpc) is 1.94. The highest BCUT2D eigenvalue weighted by atomic mass is 19.1. The highest BCUT2D eigenvalue weighted by Crippen LogP contribution is 2.13. The molecule has 1 aromatic heterocycles. The molecular formula is C7H8FNO. The molecule has 0 aliphatic carbocycles. The minimum absolute atomic E-state index is 0.0797. The molecule has 0 aromatic carbocycles. The third kappa shape index (κ3) is 1.23. The van der Waals surface area contributed by atoms with Crippen LogP contribution in [0.25, 0.3) is 0 Å². The monoisotopic (exact) mass is 141 g/mol. The number of aryl methyl sites for hydroxylation is 1. The molecule has 3 heteroatoms. The van der Waals surface area contributed by atoms with Crippen LogP contribution in [0, 0.1) is 5.82 Å². The predicted molar refractivity (Wildman–Crippen MR) is 35.2 cm³/mol. The number of halogens is 1. The third-order valence-corrected chi connectivity index (χ3v) is 1.29. The second kappa shape index (κ2) is 2.64. The molecule has 54 valence electrons. The summed E-state index contributed by atoms with van der Waals surface area (Å²) in [6.45, 7) is 1.83. The van der Waals surface area contributed by atoms with E-state index in [1.54, 1.807) is 0 Å². The Hall–Kier alpha value is -1.12. The number of nitrogens with zero attached hydrogens (tertiary/aromatic N) is 1. The van der Waals surface area contributed by atoms with Crippen LogP contribution in [0.3, 0.4) is 0 Å². The lowest BCUT2D eigenvalue weighted by atomic mass is 10.2. The largest absolute Gasteiger partial charge is 0.493 e. The van der Waals surface area contributed by atoms with Crippen molar-refractivity contribution in [3.05, 3.63) is 23.6 Å². The first kappa shape index (κ1) is 6.99. The zero-order valence-electron chi connectivity index (χ0n) is 5.63. The van der Waals surface area contributed by atoms with Gasteiger partial charge in [-0.2, -0.15) is 0 Å². The maximum Gasteiger partial charge on any atom is 0.214 e. The molecule has 2 nitrogen and oxygen atoms in total. The fourth-order valence-corrected chi connectivity index (χ4v) is 0.734. The van der Waals surface area contributed by atoms with Crippen LogP contribution in [0.5, 0.6) is 5.88 Å². The molecule has 0 spiro atoms. The fourth-order valence-electron chi connectivity index (χ4n) is 0.734. The molecule has 0 atom stereocenters. The van der Waals surface area contributed by atoms with E-state index in [1.807, 2.05) is 6.92 Å². The molecule has 0 unspecified atom stereocenters. The fraction of sp³-hybridized carbons (Fsp3) is 0.286. The third-order valence-electron chi connectivity index (χ3n) is 1.29. The van der Waals surface area contributed by atoms with E-state index in [9.17, 15) is 4.39 Å². The summed E-state index contributed by atoms with van der Waals surface area (Å²) in [5.41, 5.74) is 0.542. The van der Waals surface area contributed by atoms with Gasteiger partial charge in [0.1, 0.15) is 5.82 Å². The predicted octanol–water partition coefficient (Wildman–Crippen LogP) is 1.49. The maximum absolute atomic E-state index is 12.4. The van der Waals surface area contributed by atoms with Crippen molar-refractivity contribution in [2.75, 3.05) is 0 Å². The number of hydrogen-bond donors (Lipinski definition) is 1. The van der Waals surface area contributed by atoms with Gasteiger partial charge in [0.25, 0.3) is 0 Å². The Labute approximate surface area is 58.3 Å². The van der Waals surface area contributed by atoms with Gasteiger partial charge in [-0.15, -0.1) is 0 Å². The van der Waals surface area contributed by atoms with Crippen LogP contribution in [0.1, 0.15) is 12.5 Å². The first-order valence-corrected chi connectivity index (χ1v) is 3.07. The summed E-state index contributed by atoms with van der Waals surface area (Å²) in [7, 11) is 0. The van der Waals surface area contributed by atoms with Gasteiger partial charge in [-0.1, -0.05) is 6.92 Å². The van der Waals surface area contributed by atoms with Crippen LogP contribution >= 0.6 is 0 Å². The topological polar surface area (TPSA) is 33.1 Å². The lowest BCUT2D eigenvalue weighted by Crippen LogP contribution is -1.86. The normalized spacial score (nSPS) is 9.80. The van der Waals surface area contributed by atoms with Crippen molar-refractivity contribution in [3.63, 3.8) is 0 Å². The highest BCUT2D eigenvalue weighted by Gasteiger charge is 2.00. The van der Waals surface area contributed by atoms with E-state index in [0.717, 1.165) is 6.20 Å². The number of pyridine rings is 1. The standard InChI is InChI=1S/C7H8FNO/c1-2-5-3-6(8)4-9-7(5)10/h3-4H,2H2,1H3,(H,9,10). The SMILES string of the molecule is CCc1cc(F)cnc1O. The highest BCUT2D eigenvalue weighted by molar-refractivity contribution is 5.24. The van der Waals surface area contributed by atoms with Gasteiger partial charge in [0, 0.05) is 5.56 Å². The molecule has 0 aliphatic rings. The molecule has 0 fully saturated rings. The number of aromatic nitrogens is 1. The van der Waals surface area contributed by atoms with E-state index in [0.29, 0.717) is 12.0 Å². The summed E-state index contributed by atoms with van der Waals surface area (Å²) in [6, 6.07) is 1.28. The van der Waals surface area contributed by atoms with Gasteiger partial charge in [-0.05, 0) is 12.5 Å². The minimum Gasteiger partial charge on any atom is -0.493 e. The summed E-state index contributed by atoms with van der Waals surface area (Å²) in [5.74, 6) is -0.487. The van der Waals surface area contributed by atoms with Crippen LogP contribution in [-0.4, -0.2) is 10.1 Å². The Kier molecular flexibility index (Phi) is 1.85. The Balaban J connectivity index is 3.09. The van der Waals surface area contributed by atoms with E-state index in [-0.39, 0.29) is 5.88 Å². The Morgan fingerprint density at radius 2 is 2.40 bits per heavy atom. The van der Waals surface area contributed by atoms with Crippen molar-refractivity contribution in [2.45, 2.75) is 13.3 Å². The number of rotatable bonds is 1. The van der Waals surface area contributed by atoms with Crippen LogP contribution in [-0.2, 0) is 6.42 Å². The summed E-state index contributed by atoms with van der Waals surface area (Å²) in [6.07, 6.45) is 1.59. The molecule has 10 heavy (non-hydrogen) atoms. The molecule has 1 N–H and O–H groups in total. The Morgan fingerprint density at radius 3 is 2.90 bits per heavy atom. The van der Waals surface area contributed by atoms with Crippen LogP contribution in [0.15, 0.2) is 12.3 Å². The molecule has 1 aromatic rings. The van der Waals surface area contributed by atoms with Crippen molar-refractivity contribution in [2.24, 2.45) is 0 Å². The molecule has 0 saturated carbocycles. The second-order valence-corrected chi connectivity index (χ2v) is 1.99. The van der Waals surface area contributed by atoms with Crippen molar-refractivity contribution >= 4 is 0 Å². The average molecular weight is 141 g/mol. The Morgan fingerprint density at radius 1 is 1.70 bits per heavy atom. The molecule has 0 bridgehead atoms. The van der Waals surface area contributed by atoms with E-state index in [4.69, 9.17) is 5.11 Å². The van der Waals surface area contributed by atoms with Gasteiger partial charge in [-0.25, -0.2) is 9.37 Å². The second-order valence-electron chi connectivity index (χ2n) is 1.99. The smallest absolute Gasteiger partial charge is 0.214 e. The van der Waals surface area contributed by atoms with E-state index in [1.165, 1.54) is 6.07 Å². The van der Waals surface area contributed by atoms with Crippen molar-refractivity contribution in [1.29, 1.82) is 0 Å². The lowest BCUT2D eigenvalue weighted by molar-refractivity contribution is 0.442. The quantitative estimate of drug-likeness (QED) is 0.642. The van der Waals surface area contributed by atoms with Gasteiger partial charge in [-0.3, -0.25) is 0 Å². The molecule has 0 aliphatic heterocycles. The molecule has 1 heterocycles. The van der Waals surface area contributed by atoms with Crippen LogP contribution in [0.2, 0.25) is 0 Å². The number of hydrogen-bond acceptors (Lipinski definition) is 2. The zero-order chi connectivity index (χ0) is 7.56. The summed E-state index contributed by atoms with van der Waals surface area (Å²) < 4.78 is 12.4. The first-order chi connectivity index (χ1) is 4.74. The lowest BCUT2D eigenvalue weighted by Gasteiger charge is -1.97. The molecule has 0 amide bonds. The van der Waals surface area contributed by atoms with Crippen molar-refractivity contribution in [3.8, 4) is 5.88 Å². The van der Waals surface area contributed by atoms with E-state index >= 15 is 0 Å². The molecule has 1 rings (SSSR count). The van der Waals surface area contributed by atoms with Gasteiger partial charge < -0.3 is 5.11 Å². The van der Waals surface area contributed by atoms with Gasteiger partial charge in [0.05, 0.1) is 6.20 Å². The Bertz CT molecular complexity index is 237. The van der Waals surface area contributed by atoms with Crippen LogP contribution < -0.4 is 0 Å². The summed E-state index contributed by atoms with van der Waals surface area (Å²) in [5, 5.41) is 8.96. The number of aromatic hydroxyl groups is 1. The van der Waals surface area contributed by atoms with Crippen molar-refractivity contribution in [1.82, 2.24) is 4.98 Å². The molecule has 0 saturated heterocycles. The van der Waals surface area contributed by atoms with E-state index < -0.39 is 5.82 Å². The maximum atomic E-state index is 12.4. The van der Waals surface area contributed by atoms with Gasteiger partial charge in [0.15, 0.2) is 0 Å². The summed E-state index contributed by atoms with van der Waals surface area (Å²) in [4.78, 5) is 3.43. The van der Waals surface area contributed by atoms with E-state index in [2.05, 4.69) is 4.98 Å².